The van der Waals surface area contributed by atoms with Gasteiger partial charge in [-0.1, -0.05) is 18.6 Å². The van der Waals surface area contributed by atoms with Crippen LogP contribution in [0.4, 0.5) is 0 Å². The van der Waals surface area contributed by atoms with Crippen LogP contribution in [0.25, 0.3) is 0 Å². The number of hydrogen-bond acceptors (Lipinski definition) is 3. The molecule has 1 aliphatic rings. The van der Waals surface area contributed by atoms with Crippen LogP contribution in [-0.4, -0.2) is 23.2 Å². The van der Waals surface area contributed by atoms with Crippen molar-refractivity contribution in [2.75, 3.05) is 13.7 Å². The Bertz CT molecular complexity index is 573. The van der Waals surface area contributed by atoms with Crippen molar-refractivity contribution in [3.63, 3.8) is 0 Å². The van der Waals surface area contributed by atoms with Crippen LogP contribution < -0.4 is 10.1 Å². The minimum absolute atomic E-state index is 0.464. The molecule has 1 N–H and O–H groups in total. The van der Waals surface area contributed by atoms with Crippen LogP contribution in [0.2, 0.25) is 0 Å². The second kappa shape index (κ2) is 6.76. The molecule has 1 fully saturated rings. The molecule has 0 spiro atoms. The van der Waals surface area contributed by atoms with E-state index in [1.165, 1.54) is 30.5 Å². The Morgan fingerprint density at radius 2 is 2.33 bits per heavy atom. The number of methoxy groups -OCH3 is 1. The first-order chi connectivity index (χ1) is 10.4. The van der Waals surface area contributed by atoms with E-state index in [4.69, 9.17) is 4.74 Å². The molecule has 1 unspecified atom stereocenters. The average molecular weight is 285 g/mol. The lowest BCUT2D eigenvalue weighted by atomic mass is 10.0. The molecule has 1 aromatic carbocycles. The highest BCUT2D eigenvalue weighted by atomic mass is 16.5. The summed E-state index contributed by atoms with van der Waals surface area (Å²) >= 11 is 0. The Labute approximate surface area is 126 Å². The van der Waals surface area contributed by atoms with Crippen LogP contribution in [0.5, 0.6) is 5.75 Å². The molecule has 1 atom stereocenters. The van der Waals surface area contributed by atoms with Crippen molar-refractivity contribution in [2.24, 2.45) is 0 Å². The molecule has 4 nitrogen and oxygen atoms in total. The minimum atomic E-state index is 0.464. The number of piperidine rings is 1. The van der Waals surface area contributed by atoms with E-state index in [9.17, 15) is 0 Å². The second-order valence-electron chi connectivity index (χ2n) is 5.62. The Balaban J connectivity index is 1.66. The Morgan fingerprint density at radius 3 is 3.14 bits per heavy atom. The first-order valence-corrected chi connectivity index (χ1v) is 7.73. The number of ether oxygens (including phenoxy) is 1. The predicted octanol–water partition coefficient (Wildman–Crippen LogP) is 2.95. The van der Waals surface area contributed by atoms with Crippen LogP contribution in [0, 0.1) is 0 Å². The summed E-state index contributed by atoms with van der Waals surface area (Å²) in [5, 5.41) is 3.60. The van der Waals surface area contributed by atoms with Crippen molar-refractivity contribution >= 4 is 0 Å². The largest absolute Gasteiger partial charge is 0.497 e. The lowest BCUT2D eigenvalue weighted by Crippen LogP contribution is -2.28. The van der Waals surface area contributed by atoms with Gasteiger partial charge in [-0.2, -0.15) is 0 Å². The summed E-state index contributed by atoms with van der Waals surface area (Å²) in [5.74, 6) is 0.923. The van der Waals surface area contributed by atoms with Gasteiger partial charge in [0.1, 0.15) is 5.75 Å². The lowest BCUT2D eigenvalue weighted by molar-refractivity contribution is 0.393. The molecule has 1 aromatic heterocycles. The zero-order valence-corrected chi connectivity index (χ0v) is 12.6. The highest BCUT2D eigenvalue weighted by molar-refractivity contribution is 5.28. The first kappa shape index (κ1) is 14.1. The van der Waals surface area contributed by atoms with Crippen molar-refractivity contribution in [3.05, 3.63) is 48.0 Å². The maximum Gasteiger partial charge on any atom is 0.119 e. The van der Waals surface area contributed by atoms with Gasteiger partial charge in [-0.3, -0.25) is 0 Å². The summed E-state index contributed by atoms with van der Waals surface area (Å²) in [6, 6.07) is 8.75. The zero-order valence-electron chi connectivity index (χ0n) is 12.6. The fourth-order valence-electron chi connectivity index (χ4n) is 2.99. The standard InChI is InChI=1S/C17H23N3O/c1-21-15-6-4-5-14(11-15)8-10-20-13-18-12-17(20)16-7-2-3-9-19-16/h4-6,11-13,16,19H,2-3,7-10H2,1H3. The summed E-state index contributed by atoms with van der Waals surface area (Å²) in [7, 11) is 1.71. The van der Waals surface area contributed by atoms with E-state index in [1.807, 2.05) is 24.7 Å². The van der Waals surface area contributed by atoms with Gasteiger partial charge in [0.05, 0.1) is 19.1 Å². The summed E-state index contributed by atoms with van der Waals surface area (Å²) in [6.45, 7) is 2.08. The Morgan fingerprint density at radius 1 is 1.38 bits per heavy atom. The molecule has 0 aliphatic carbocycles. The highest BCUT2D eigenvalue weighted by Gasteiger charge is 2.18. The molecule has 1 saturated heterocycles. The van der Waals surface area contributed by atoms with Gasteiger partial charge in [0.15, 0.2) is 0 Å². The lowest BCUT2D eigenvalue weighted by Gasteiger charge is -2.24. The summed E-state index contributed by atoms with van der Waals surface area (Å²) < 4.78 is 7.56. The van der Waals surface area contributed by atoms with Gasteiger partial charge in [-0.15, -0.1) is 0 Å². The van der Waals surface area contributed by atoms with Gasteiger partial charge < -0.3 is 14.6 Å². The van der Waals surface area contributed by atoms with Gasteiger partial charge in [0.2, 0.25) is 0 Å². The molecule has 0 saturated carbocycles. The van der Waals surface area contributed by atoms with Gasteiger partial charge >= 0.3 is 0 Å². The van der Waals surface area contributed by atoms with Crippen molar-refractivity contribution in [1.82, 2.24) is 14.9 Å². The molecule has 2 aromatic rings. The quantitative estimate of drug-likeness (QED) is 0.918. The second-order valence-corrected chi connectivity index (χ2v) is 5.62. The normalized spacial score (nSPS) is 18.6. The van der Waals surface area contributed by atoms with Gasteiger partial charge in [0.25, 0.3) is 0 Å². The van der Waals surface area contributed by atoms with Gasteiger partial charge in [-0.05, 0) is 43.5 Å². The third-order valence-corrected chi connectivity index (χ3v) is 4.19. The van der Waals surface area contributed by atoms with Crippen LogP contribution in [0.3, 0.4) is 0 Å². The molecule has 0 bridgehead atoms. The summed E-state index contributed by atoms with van der Waals surface area (Å²) in [6.07, 6.45) is 8.76. The molecular weight excluding hydrogens is 262 g/mol. The molecule has 21 heavy (non-hydrogen) atoms. The fraction of sp³-hybridized carbons (Fsp3) is 0.471. The van der Waals surface area contributed by atoms with Crippen molar-refractivity contribution in [3.8, 4) is 5.75 Å². The van der Waals surface area contributed by atoms with Crippen LogP contribution in [0.15, 0.2) is 36.8 Å². The highest BCUT2D eigenvalue weighted by Crippen LogP contribution is 2.23. The Hall–Kier alpha value is -1.81. The first-order valence-electron chi connectivity index (χ1n) is 7.73. The maximum absolute atomic E-state index is 5.28. The third-order valence-electron chi connectivity index (χ3n) is 4.19. The molecule has 0 amide bonds. The average Bonchev–Trinajstić information content (AvgIpc) is 3.02. The van der Waals surface area contributed by atoms with Crippen molar-refractivity contribution < 1.29 is 4.74 Å². The monoisotopic (exact) mass is 285 g/mol. The molecule has 1 aliphatic heterocycles. The smallest absolute Gasteiger partial charge is 0.119 e. The fourth-order valence-corrected chi connectivity index (χ4v) is 2.99. The molecule has 2 heterocycles. The number of benzene rings is 1. The van der Waals surface area contributed by atoms with E-state index >= 15 is 0 Å². The zero-order chi connectivity index (χ0) is 14.5. The van der Waals surface area contributed by atoms with E-state index in [2.05, 4.69) is 27.0 Å². The summed E-state index contributed by atoms with van der Waals surface area (Å²) in [4.78, 5) is 4.34. The van der Waals surface area contributed by atoms with Crippen LogP contribution >= 0.6 is 0 Å². The predicted molar refractivity (Wildman–Crippen MR) is 83.5 cm³/mol. The summed E-state index contributed by atoms with van der Waals surface area (Å²) in [5.41, 5.74) is 2.61. The molecule has 0 radical (unpaired) electrons. The number of hydrogen-bond donors (Lipinski definition) is 1. The number of aromatic nitrogens is 2. The third kappa shape index (κ3) is 3.45. The molecular formula is C17H23N3O. The van der Waals surface area contributed by atoms with E-state index < -0.39 is 0 Å². The van der Waals surface area contributed by atoms with Crippen LogP contribution in [0.1, 0.15) is 36.6 Å². The minimum Gasteiger partial charge on any atom is -0.497 e. The SMILES string of the molecule is COc1cccc(CCn2cncc2C2CCCCN2)c1. The van der Waals surface area contributed by atoms with E-state index in [-0.39, 0.29) is 0 Å². The van der Waals surface area contributed by atoms with E-state index in [1.54, 1.807) is 7.11 Å². The number of aryl methyl sites for hydroxylation is 2. The molecule has 112 valence electrons. The number of imidazole rings is 1. The van der Waals surface area contributed by atoms with Crippen LogP contribution in [-0.2, 0) is 13.0 Å². The molecule has 3 rings (SSSR count). The number of rotatable bonds is 5. The van der Waals surface area contributed by atoms with Gasteiger partial charge in [-0.25, -0.2) is 4.98 Å². The van der Waals surface area contributed by atoms with Gasteiger partial charge in [0, 0.05) is 18.8 Å². The number of nitrogens with zero attached hydrogens (tertiary/aromatic N) is 2. The maximum atomic E-state index is 5.28. The molecule has 4 heteroatoms. The number of nitrogens with one attached hydrogen (secondary N) is 1. The van der Waals surface area contributed by atoms with E-state index in [0.717, 1.165) is 25.3 Å². The van der Waals surface area contributed by atoms with Crippen molar-refractivity contribution in [2.45, 2.75) is 38.3 Å². The van der Waals surface area contributed by atoms with Crippen molar-refractivity contribution in [1.29, 1.82) is 0 Å². The Kier molecular flexibility index (Phi) is 4.55. The topological polar surface area (TPSA) is 39.1 Å². The van der Waals surface area contributed by atoms with E-state index in [0.29, 0.717) is 6.04 Å².